The van der Waals surface area contributed by atoms with E-state index >= 15 is 0 Å². The molecule has 5 nitrogen and oxygen atoms in total. The summed E-state index contributed by atoms with van der Waals surface area (Å²) in [6.07, 6.45) is 4.92. The van der Waals surface area contributed by atoms with Crippen molar-refractivity contribution < 1.29 is 18.9 Å². The molecule has 0 aliphatic heterocycles. The number of benzene rings is 2. The molecule has 0 spiro atoms. The van der Waals surface area contributed by atoms with Crippen LogP contribution in [0.2, 0.25) is 0 Å². The largest absolute Gasteiger partial charge is 0.493 e. The van der Waals surface area contributed by atoms with E-state index in [0.29, 0.717) is 0 Å². The van der Waals surface area contributed by atoms with Crippen molar-refractivity contribution in [2.24, 2.45) is 0 Å². The number of nitrogens with zero attached hydrogens (tertiary/aromatic N) is 1. The Balaban J connectivity index is 2.36. The van der Waals surface area contributed by atoms with Crippen molar-refractivity contribution in [1.82, 2.24) is 4.90 Å². The Kier molecular flexibility index (Phi) is 6.05. The van der Waals surface area contributed by atoms with E-state index in [0.717, 1.165) is 40.3 Å². The Bertz CT molecular complexity index is 936. The van der Waals surface area contributed by atoms with Crippen LogP contribution in [0.5, 0.6) is 11.5 Å². The molecule has 0 saturated heterocycles. The first-order chi connectivity index (χ1) is 13.0. The highest BCUT2D eigenvalue weighted by Crippen LogP contribution is 2.36. The van der Waals surface area contributed by atoms with Gasteiger partial charge in [-0.05, 0) is 60.1 Å². The summed E-state index contributed by atoms with van der Waals surface area (Å²) in [6.45, 7) is 0.962. The summed E-state index contributed by atoms with van der Waals surface area (Å²) in [6, 6.07) is 6.41. The second-order valence-corrected chi connectivity index (χ2v) is 7.05. The van der Waals surface area contributed by atoms with Crippen LogP contribution in [-0.4, -0.2) is 66.2 Å². The van der Waals surface area contributed by atoms with Crippen molar-refractivity contribution in [2.75, 3.05) is 49.1 Å². The van der Waals surface area contributed by atoms with Gasteiger partial charge in [-0.15, -0.1) is 0 Å². The van der Waals surface area contributed by atoms with Gasteiger partial charge < -0.3 is 23.8 Å². The average Bonchev–Trinajstić information content (AvgIpc) is 2.69. The third-order valence-corrected chi connectivity index (χ3v) is 5.18. The van der Waals surface area contributed by atoms with E-state index in [1.54, 1.807) is 28.4 Å². The third-order valence-electron chi connectivity index (χ3n) is 5.18. The van der Waals surface area contributed by atoms with Crippen LogP contribution >= 0.6 is 0 Å². The van der Waals surface area contributed by atoms with E-state index in [2.05, 4.69) is 49.3 Å². The van der Waals surface area contributed by atoms with Crippen molar-refractivity contribution >= 4 is 22.9 Å². The summed E-state index contributed by atoms with van der Waals surface area (Å²) in [5.41, 5.74) is 1.25. The fourth-order valence-corrected chi connectivity index (χ4v) is 3.74. The van der Waals surface area contributed by atoms with Gasteiger partial charge in [0, 0.05) is 26.2 Å². The first-order valence-corrected chi connectivity index (χ1v) is 9.14. The zero-order valence-electron chi connectivity index (χ0n) is 17.0. The van der Waals surface area contributed by atoms with Gasteiger partial charge in [-0.2, -0.15) is 0 Å². The van der Waals surface area contributed by atoms with Gasteiger partial charge in [0.05, 0.1) is 14.2 Å². The normalized spacial score (nSPS) is 18.8. The number of likely N-dealkylation sites (N-methyl/N-ethyl adjacent to an activating group) is 1. The summed E-state index contributed by atoms with van der Waals surface area (Å²) in [4.78, 5) is 2.19. The Morgan fingerprint density at radius 3 is 2.22 bits per heavy atom. The van der Waals surface area contributed by atoms with Crippen LogP contribution in [0.1, 0.15) is 5.56 Å². The first kappa shape index (κ1) is 19.7. The van der Waals surface area contributed by atoms with Crippen LogP contribution in [0.25, 0.3) is 22.9 Å². The summed E-state index contributed by atoms with van der Waals surface area (Å²) >= 11 is 0. The van der Waals surface area contributed by atoms with Crippen LogP contribution in [-0.2, 0) is 15.9 Å². The fourth-order valence-electron chi connectivity index (χ4n) is 3.74. The minimum absolute atomic E-state index is 0.107. The smallest absolute Gasteiger partial charge is 0.169 e. The molecule has 2 atom stereocenters. The topological polar surface area (TPSA) is 40.2 Å². The Morgan fingerprint density at radius 2 is 1.63 bits per heavy atom. The molecule has 3 rings (SSSR count). The highest BCUT2D eigenvalue weighted by molar-refractivity contribution is 5.95. The third kappa shape index (κ3) is 3.68. The van der Waals surface area contributed by atoms with E-state index < -0.39 is 0 Å². The number of ether oxygens (including phenoxy) is 4. The van der Waals surface area contributed by atoms with E-state index in [-0.39, 0.29) is 12.2 Å². The molecule has 1 aliphatic carbocycles. The van der Waals surface area contributed by atoms with Crippen LogP contribution < -0.4 is 19.9 Å². The van der Waals surface area contributed by atoms with E-state index in [1.807, 2.05) is 0 Å². The molecule has 0 saturated carbocycles. The standard InChI is InChI=1S/C22H29NO4/c1-23(2)10-9-15-12-20(26-5)22(27-6)21-16(15)8-7-14-11-18(24-3)19(25-4)13-17(14)21/h7-8,11-13,18-19H,9-10H2,1-6H3. The van der Waals surface area contributed by atoms with Crippen LogP contribution in [0.4, 0.5) is 0 Å². The van der Waals surface area contributed by atoms with Crippen molar-refractivity contribution in [1.29, 1.82) is 0 Å². The molecule has 2 unspecified atom stereocenters. The molecule has 0 bridgehead atoms. The van der Waals surface area contributed by atoms with Gasteiger partial charge in [-0.1, -0.05) is 12.1 Å². The maximum atomic E-state index is 5.78. The molecule has 0 amide bonds. The van der Waals surface area contributed by atoms with Crippen LogP contribution in [0.3, 0.4) is 0 Å². The lowest BCUT2D eigenvalue weighted by Gasteiger charge is -2.23. The quantitative estimate of drug-likeness (QED) is 0.739. The second kappa shape index (κ2) is 8.30. The lowest BCUT2D eigenvalue weighted by molar-refractivity contribution is 0.0305. The molecule has 1 aliphatic rings. The first-order valence-electron chi connectivity index (χ1n) is 9.14. The Morgan fingerprint density at radius 1 is 0.926 bits per heavy atom. The summed E-state index contributed by atoms with van der Waals surface area (Å²) in [5.74, 6) is 1.51. The van der Waals surface area contributed by atoms with Crippen molar-refractivity contribution in [3.05, 3.63) is 34.2 Å². The molecule has 2 aromatic carbocycles. The van der Waals surface area contributed by atoms with Gasteiger partial charge in [-0.25, -0.2) is 0 Å². The molecule has 5 heteroatoms. The predicted octanol–water partition coefficient (Wildman–Crippen LogP) is 1.57. The van der Waals surface area contributed by atoms with E-state index in [1.165, 1.54) is 10.9 Å². The molecular formula is C22H29NO4. The molecule has 27 heavy (non-hydrogen) atoms. The zero-order valence-corrected chi connectivity index (χ0v) is 17.0. The molecule has 0 fully saturated rings. The van der Waals surface area contributed by atoms with Crippen molar-refractivity contribution in [3.8, 4) is 11.5 Å². The zero-order chi connectivity index (χ0) is 19.6. The van der Waals surface area contributed by atoms with E-state index in [4.69, 9.17) is 18.9 Å². The minimum Gasteiger partial charge on any atom is -0.493 e. The summed E-state index contributed by atoms with van der Waals surface area (Å²) in [5, 5.41) is 4.47. The van der Waals surface area contributed by atoms with Crippen LogP contribution in [0.15, 0.2) is 18.2 Å². The summed E-state index contributed by atoms with van der Waals surface area (Å²) < 4.78 is 22.7. The van der Waals surface area contributed by atoms with Gasteiger partial charge in [-0.3, -0.25) is 0 Å². The number of methoxy groups -OCH3 is 4. The van der Waals surface area contributed by atoms with Gasteiger partial charge in [0.1, 0.15) is 12.2 Å². The average molecular weight is 371 g/mol. The van der Waals surface area contributed by atoms with Crippen LogP contribution in [0, 0.1) is 0 Å². The molecule has 2 aromatic rings. The van der Waals surface area contributed by atoms with Crippen molar-refractivity contribution in [3.63, 3.8) is 0 Å². The predicted molar refractivity (Wildman–Crippen MR) is 109 cm³/mol. The second-order valence-electron chi connectivity index (χ2n) is 7.05. The number of hydrogen-bond acceptors (Lipinski definition) is 5. The van der Waals surface area contributed by atoms with Gasteiger partial charge in [0.15, 0.2) is 11.5 Å². The van der Waals surface area contributed by atoms with Gasteiger partial charge >= 0.3 is 0 Å². The molecule has 0 N–H and O–H groups in total. The number of rotatable bonds is 7. The van der Waals surface area contributed by atoms with Gasteiger partial charge in [0.25, 0.3) is 0 Å². The van der Waals surface area contributed by atoms with Gasteiger partial charge in [0.2, 0.25) is 0 Å². The fraction of sp³-hybridized carbons (Fsp3) is 0.455. The maximum Gasteiger partial charge on any atom is 0.169 e. The maximum absolute atomic E-state index is 5.78. The SMILES string of the molecule is COc1cc(CCN(C)C)c2ccc3c(c2c1OC)=CC(OC)C(OC)C=3. The number of hydrogen-bond donors (Lipinski definition) is 0. The van der Waals surface area contributed by atoms with Crippen molar-refractivity contribution in [2.45, 2.75) is 18.6 Å². The minimum atomic E-state index is -0.144. The lowest BCUT2D eigenvalue weighted by atomic mass is 9.94. The lowest BCUT2D eigenvalue weighted by Crippen LogP contribution is -2.40. The molecule has 0 aromatic heterocycles. The molecule has 0 heterocycles. The Labute approximate surface area is 160 Å². The molecule has 0 radical (unpaired) electrons. The number of fused-ring (bicyclic) bond motifs is 3. The highest BCUT2D eigenvalue weighted by Gasteiger charge is 2.22. The summed E-state index contributed by atoms with van der Waals surface area (Å²) in [7, 11) is 11.0. The monoisotopic (exact) mass is 371 g/mol. The Hall–Kier alpha value is -2.08. The molecule has 146 valence electrons. The van der Waals surface area contributed by atoms with E-state index in [9.17, 15) is 0 Å². The highest BCUT2D eigenvalue weighted by atomic mass is 16.5. The molecular weight excluding hydrogens is 342 g/mol.